The maximum Gasteiger partial charge on any atom is 0.179 e. The van der Waals surface area contributed by atoms with E-state index in [0.29, 0.717) is 21.6 Å². The second-order valence-corrected chi connectivity index (χ2v) is 4.27. The van der Waals surface area contributed by atoms with Gasteiger partial charge >= 0.3 is 0 Å². The Labute approximate surface area is 109 Å². The molecule has 0 radical (unpaired) electrons. The van der Waals surface area contributed by atoms with Crippen LogP contribution in [0.4, 0.5) is 0 Å². The van der Waals surface area contributed by atoms with E-state index in [1.54, 1.807) is 18.5 Å². The lowest BCUT2D eigenvalue weighted by molar-refractivity contribution is 0.807. The van der Waals surface area contributed by atoms with Gasteiger partial charge in [-0.25, -0.2) is 15.0 Å². The van der Waals surface area contributed by atoms with Gasteiger partial charge in [0.05, 0.1) is 10.0 Å². The summed E-state index contributed by atoms with van der Waals surface area (Å²) < 4.78 is 0. The number of aromatic nitrogens is 3. The van der Waals surface area contributed by atoms with E-state index in [1.165, 1.54) is 6.20 Å². The third kappa shape index (κ3) is 2.91. The van der Waals surface area contributed by atoms with Gasteiger partial charge in [-0.2, -0.15) is 0 Å². The Morgan fingerprint density at radius 2 is 1.82 bits per heavy atom. The first-order valence-electron chi connectivity index (χ1n) is 4.97. The van der Waals surface area contributed by atoms with E-state index in [2.05, 4.69) is 20.3 Å². The van der Waals surface area contributed by atoms with Gasteiger partial charge in [-0.05, 0) is 13.1 Å². The van der Waals surface area contributed by atoms with Gasteiger partial charge in [0, 0.05) is 30.7 Å². The molecular weight excluding hydrogens is 259 g/mol. The molecule has 2 aromatic rings. The second-order valence-electron chi connectivity index (χ2n) is 3.43. The van der Waals surface area contributed by atoms with Crippen LogP contribution in [0.15, 0.2) is 24.7 Å². The summed E-state index contributed by atoms with van der Waals surface area (Å²) in [5.74, 6) is 0.492. The molecular formula is C11H10Cl2N4. The monoisotopic (exact) mass is 268 g/mol. The van der Waals surface area contributed by atoms with E-state index < -0.39 is 0 Å². The smallest absolute Gasteiger partial charge is 0.179 e. The van der Waals surface area contributed by atoms with E-state index in [1.807, 2.05) is 7.05 Å². The number of nitrogens with one attached hydrogen (secondary N) is 1. The van der Waals surface area contributed by atoms with Gasteiger partial charge < -0.3 is 5.32 Å². The van der Waals surface area contributed by atoms with Crippen LogP contribution in [-0.2, 0) is 6.54 Å². The zero-order chi connectivity index (χ0) is 12.3. The van der Waals surface area contributed by atoms with Crippen molar-refractivity contribution in [1.29, 1.82) is 0 Å². The Kier molecular flexibility index (Phi) is 3.89. The van der Waals surface area contributed by atoms with Crippen molar-refractivity contribution < 1.29 is 0 Å². The number of pyridine rings is 1. The second kappa shape index (κ2) is 5.40. The molecule has 0 saturated carbocycles. The van der Waals surface area contributed by atoms with Crippen LogP contribution in [0, 0.1) is 0 Å². The molecule has 0 fully saturated rings. The minimum atomic E-state index is 0.443. The summed E-state index contributed by atoms with van der Waals surface area (Å²) in [6, 6.07) is 1.62. The largest absolute Gasteiger partial charge is 0.316 e. The average Bonchev–Trinajstić information content (AvgIpc) is 2.31. The molecule has 2 rings (SSSR count). The van der Waals surface area contributed by atoms with Crippen molar-refractivity contribution in [1.82, 2.24) is 20.3 Å². The van der Waals surface area contributed by atoms with Crippen LogP contribution in [0.2, 0.25) is 10.0 Å². The number of hydrogen-bond acceptors (Lipinski definition) is 4. The molecule has 1 N–H and O–H groups in total. The third-order valence-electron chi connectivity index (χ3n) is 2.11. The molecule has 0 amide bonds. The molecule has 0 unspecified atom stereocenters. The van der Waals surface area contributed by atoms with Crippen molar-refractivity contribution >= 4 is 23.2 Å². The molecule has 0 spiro atoms. The first kappa shape index (κ1) is 12.2. The summed E-state index contributed by atoms with van der Waals surface area (Å²) >= 11 is 11.8. The summed E-state index contributed by atoms with van der Waals surface area (Å²) in [5, 5.41) is 3.96. The molecule has 2 heterocycles. The molecule has 17 heavy (non-hydrogen) atoms. The van der Waals surface area contributed by atoms with Crippen LogP contribution < -0.4 is 5.32 Å². The van der Waals surface area contributed by atoms with Crippen molar-refractivity contribution in [2.75, 3.05) is 7.05 Å². The van der Waals surface area contributed by atoms with E-state index in [9.17, 15) is 0 Å². The number of halogens is 2. The van der Waals surface area contributed by atoms with Gasteiger partial charge in [0.15, 0.2) is 5.82 Å². The normalized spacial score (nSPS) is 10.5. The first-order valence-corrected chi connectivity index (χ1v) is 5.73. The van der Waals surface area contributed by atoms with Gasteiger partial charge in [0.2, 0.25) is 0 Å². The summed E-state index contributed by atoms with van der Waals surface area (Å²) in [6.07, 6.45) is 5.00. The number of hydrogen-bond donors (Lipinski definition) is 1. The highest BCUT2D eigenvalue weighted by molar-refractivity contribution is 6.35. The Morgan fingerprint density at radius 1 is 1.12 bits per heavy atom. The third-order valence-corrected chi connectivity index (χ3v) is 2.60. The SMILES string of the molecule is CNCc1cnc(-c2ncc(Cl)cc2Cl)nc1. The Morgan fingerprint density at radius 3 is 2.41 bits per heavy atom. The first-order chi connectivity index (χ1) is 8.20. The average molecular weight is 269 g/mol. The summed E-state index contributed by atoms with van der Waals surface area (Å²) in [5.41, 5.74) is 1.54. The minimum absolute atomic E-state index is 0.443. The van der Waals surface area contributed by atoms with Crippen LogP contribution in [0.3, 0.4) is 0 Å². The molecule has 0 aliphatic rings. The lowest BCUT2D eigenvalue weighted by atomic mass is 10.3. The summed E-state index contributed by atoms with van der Waals surface area (Å²) in [4.78, 5) is 12.6. The van der Waals surface area contributed by atoms with E-state index >= 15 is 0 Å². The van der Waals surface area contributed by atoms with E-state index in [0.717, 1.165) is 12.1 Å². The van der Waals surface area contributed by atoms with Gasteiger partial charge in [-0.3, -0.25) is 0 Å². The highest BCUT2D eigenvalue weighted by Crippen LogP contribution is 2.24. The molecule has 0 aliphatic heterocycles. The van der Waals surface area contributed by atoms with Crippen molar-refractivity contribution in [2.45, 2.75) is 6.54 Å². The Balaban J connectivity index is 2.33. The van der Waals surface area contributed by atoms with Crippen LogP contribution in [0.5, 0.6) is 0 Å². The highest BCUT2D eigenvalue weighted by Gasteiger charge is 2.08. The topological polar surface area (TPSA) is 50.7 Å². The van der Waals surface area contributed by atoms with Crippen molar-refractivity contribution in [3.05, 3.63) is 40.3 Å². The van der Waals surface area contributed by atoms with Crippen LogP contribution in [0.25, 0.3) is 11.5 Å². The maximum absolute atomic E-state index is 6.03. The molecule has 0 aliphatic carbocycles. The van der Waals surface area contributed by atoms with E-state index in [4.69, 9.17) is 23.2 Å². The fraction of sp³-hybridized carbons (Fsp3) is 0.182. The molecule has 0 atom stereocenters. The highest BCUT2D eigenvalue weighted by atomic mass is 35.5. The standard InChI is InChI=1S/C11H10Cl2N4/c1-14-3-7-4-16-11(17-5-7)10-9(13)2-8(12)6-15-10/h2,4-6,14H,3H2,1H3. The molecule has 0 aromatic carbocycles. The lowest BCUT2D eigenvalue weighted by Crippen LogP contribution is -2.06. The molecule has 0 bridgehead atoms. The van der Waals surface area contributed by atoms with Crippen molar-refractivity contribution in [2.24, 2.45) is 0 Å². The predicted octanol–water partition coefficient (Wildman–Crippen LogP) is 2.56. The minimum Gasteiger partial charge on any atom is -0.316 e. The summed E-state index contributed by atoms with van der Waals surface area (Å²) in [7, 11) is 1.87. The number of nitrogens with zero attached hydrogens (tertiary/aromatic N) is 3. The van der Waals surface area contributed by atoms with Gasteiger partial charge in [-0.15, -0.1) is 0 Å². The maximum atomic E-state index is 6.03. The quantitative estimate of drug-likeness (QED) is 0.930. The fourth-order valence-electron chi connectivity index (χ4n) is 1.35. The fourth-order valence-corrected chi connectivity index (χ4v) is 1.82. The molecule has 6 heteroatoms. The van der Waals surface area contributed by atoms with Crippen molar-refractivity contribution in [3.8, 4) is 11.5 Å². The zero-order valence-electron chi connectivity index (χ0n) is 9.11. The molecule has 0 saturated heterocycles. The van der Waals surface area contributed by atoms with Gasteiger partial charge in [0.1, 0.15) is 5.69 Å². The Hall–Kier alpha value is -1.23. The zero-order valence-corrected chi connectivity index (χ0v) is 10.6. The van der Waals surface area contributed by atoms with Gasteiger partial charge in [-0.1, -0.05) is 23.2 Å². The van der Waals surface area contributed by atoms with Crippen LogP contribution in [-0.4, -0.2) is 22.0 Å². The molecule has 4 nitrogen and oxygen atoms in total. The van der Waals surface area contributed by atoms with Gasteiger partial charge in [0.25, 0.3) is 0 Å². The molecule has 2 aromatic heterocycles. The van der Waals surface area contributed by atoms with E-state index in [-0.39, 0.29) is 0 Å². The Bertz CT molecular complexity index is 513. The van der Waals surface area contributed by atoms with Crippen LogP contribution >= 0.6 is 23.2 Å². The number of rotatable bonds is 3. The van der Waals surface area contributed by atoms with Crippen molar-refractivity contribution in [3.63, 3.8) is 0 Å². The van der Waals surface area contributed by atoms with Crippen LogP contribution in [0.1, 0.15) is 5.56 Å². The summed E-state index contributed by atoms with van der Waals surface area (Å²) in [6.45, 7) is 0.724. The lowest BCUT2D eigenvalue weighted by Gasteiger charge is -2.03. The predicted molar refractivity (Wildman–Crippen MR) is 68.0 cm³/mol. The molecule has 88 valence electrons.